The number of hydrogen-bond donors (Lipinski definition) is 0. The van der Waals surface area contributed by atoms with Crippen molar-refractivity contribution in [2.45, 2.75) is 6.42 Å². The van der Waals surface area contributed by atoms with E-state index in [4.69, 9.17) is 0 Å². The van der Waals surface area contributed by atoms with Gasteiger partial charge in [0.15, 0.2) is 0 Å². The van der Waals surface area contributed by atoms with Crippen LogP contribution in [0.3, 0.4) is 0 Å². The second-order valence-electron chi connectivity index (χ2n) is 2.50. The lowest BCUT2D eigenvalue weighted by Gasteiger charge is -2.15. The van der Waals surface area contributed by atoms with Crippen molar-refractivity contribution >= 4 is 6.08 Å². The van der Waals surface area contributed by atoms with Crippen LogP contribution in [0.2, 0.25) is 0 Å². The maximum absolute atomic E-state index is 2.18. The van der Waals surface area contributed by atoms with Crippen LogP contribution < -0.4 is 0 Å². The van der Waals surface area contributed by atoms with E-state index >= 15 is 0 Å². The van der Waals surface area contributed by atoms with Crippen LogP contribution in [0.4, 0.5) is 0 Å². The van der Waals surface area contributed by atoms with Gasteiger partial charge in [0, 0.05) is 0 Å². The molecule has 2 rings (SSSR count). The molecule has 1 aromatic rings. The van der Waals surface area contributed by atoms with Gasteiger partial charge in [-0.25, -0.2) is 18.6 Å². The Kier molecular flexibility index (Phi) is 1.24. The van der Waals surface area contributed by atoms with E-state index < -0.39 is 0 Å². The van der Waals surface area contributed by atoms with Gasteiger partial charge in [0.2, 0.25) is 0 Å². The molecule has 0 amide bonds. The summed E-state index contributed by atoms with van der Waals surface area (Å²) < 4.78 is 0. The van der Waals surface area contributed by atoms with Crippen molar-refractivity contribution in [2.75, 3.05) is 0 Å². The van der Waals surface area contributed by atoms with Gasteiger partial charge >= 0.3 is 0 Å². The number of rotatable bonds is 0. The first-order valence-electron chi connectivity index (χ1n) is 3.54. The molecule has 0 heteroatoms. The van der Waals surface area contributed by atoms with Gasteiger partial charge in [0.05, 0.1) is 0 Å². The fraction of sp³-hybridized carbons (Fsp3) is 0.100. The largest absolute Gasteiger partial charge is 0.227 e. The molecule has 0 fully saturated rings. The third kappa shape index (κ3) is 0.820. The molecule has 0 bridgehead atoms. The summed E-state index contributed by atoms with van der Waals surface area (Å²) in [6.45, 7) is 0. The quantitative estimate of drug-likeness (QED) is 0.472. The van der Waals surface area contributed by atoms with E-state index in [1.807, 2.05) is 0 Å². The van der Waals surface area contributed by atoms with Crippen molar-refractivity contribution in [1.29, 1.82) is 0 Å². The summed E-state index contributed by atoms with van der Waals surface area (Å²) in [5.41, 5.74) is 2.80. The smallest absolute Gasteiger partial charge is 0.0612 e. The topological polar surface area (TPSA) is 0 Å². The molecular weight excluding hydrogens is 120 g/mol. The summed E-state index contributed by atoms with van der Waals surface area (Å²) in [4.78, 5) is 0. The molecule has 0 atom stereocenters. The third-order valence-corrected chi connectivity index (χ3v) is 1.80. The molecule has 0 aliphatic heterocycles. The van der Waals surface area contributed by atoms with E-state index in [1.54, 1.807) is 0 Å². The minimum Gasteiger partial charge on any atom is -0.227 e. The van der Waals surface area contributed by atoms with Crippen LogP contribution in [0.1, 0.15) is 11.1 Å². The van der Waals surface area contributed by atoms with Gasteiger partial charge in [-0.05, 0) is 0 Å². The second-order valence-corrected chi connectivity index (χ2v) is 2.50. The molecule has 1 aliphatic rings. The first kappa shape index (κ1) is 5.60. The van der Waals surface area contributed by atoms with Gasteiger partial charge in [-0.1, -0.05) is 36.2 Å². The van der Waals surface area contributed by atoms with Crippen LogP contribution in [0.5, 0.6) is 0 Å². The maximum atomic E-state index is 2.18. The van der Waals surface area contributed by atoms with Gasteiger partial charge in [-0.3, -0.25) is 0 Å². The van der Waals surface area contributed by atoms with E-state index in [2.05, 4.69) is 42.8 Å². The minimum atomic E-state index is 1.09. The number of benzene rings is 1. The van der Waals surface area contributed by atoms with Crippen molar-refractivity contribution in [3.05, 3.63) is 47.9 Å². The highest BCUT2D eigenvalue weighted by Gasteiger charge is 1.93. The lowest BCUT2D eigenvalue weighted by molar-refractivity contribution is 1.17. The normalized spacial score (nSPS) is 14.0. The van der Waals surface area contributed by atoms with Crippen molar-refractivity contribution in [1.82, 2.24) is 0 Å². The van der Waals surface area contributed by atoms with E-state index in [1.165, 1.54) is 11.1 Å². The number of hydrogen-bond acceptors (Lipinski definition) is 0. The molecule has 1 aromatic carbocycles. The molecule has 0 saturated carbocycles. The van der Waals surface area contributed by atoms with E-state index in [0.29, 0.717) is 0 Å². The first-order chi connectivity index (χ1) is 4.97. The van der Waals surface area contributed by atoms with Gasteiger partial charge < -0.3 is 0 Å². The van der Waals surface area contributed by atoms with Crippen LogP contribution in [0, 0.1) is 6.42 Å². The van der Waals surface area contributed by atoms with Gasteiger partial charge in [0.25, 0.3) is 0 Å². The summed E-state index contributed by atoms with van der Waals surface area (Å²) in [6.07, 6.45) is 7.54. The Balaban J connectivity index is 2.54. The maximum Gasteiger partial charge on any atom is -0.0612 e. The fourth-order valence-corrected chi connectivity index (χ4v) is 1.25. The Bertz CT molecular complexity index is 258. The predicted molar refractivity (Wildman–Crippen MR) is 43.5 cm³/mol. The van der Waals surface area contributed by atoms with E-state index in [9.17, 15) is 0 Å². The van der Waals surface area contributed by atoms with Crippen molar-refractivity contribution < 1.29 is 0 Å². The third-order valence-electron chi connectivity index (χ3n) is 1.80. The first-order valence-corrected chi connectivity index (χ1v) is 3.54. The number of allylic oxidation sites excluding steroid dienone is 1. The molecule has 1 aliphatic carbocycles. The Morgan fingerprint density at radius 3 is 3.00 bits per heavy atom. The van der Waals surface area contributed by atoms with Crippen molar-refractivity contribution in [3.63, 3.8) is 0 Å². The molecule has 0 saturated heterocycles. The summed E-state index contributed by atoms with van der Waals surface area (Å²) >= 11 is 0. The van der Waals surface area contributed by atoms with E-state index in [0.717, 1.165) is 6.42 Å². The highest BCUT2D eigenvalue weighted by molar-refractivity contribution is 5.58. The van der Waals surface area contributed by atoms with E-state index in [-0.39, 0.29) is 0 Å². The molecule has 0 heterocycles. The zero-order valence-electron chi connectivity index (χ0n) is 5.75. The molecule has 0 aromatic heterocycles. The average molecular weight is 129 g/mol. The number of fused-ring (bicyclic) bond motifs is 1. The zero-order chi connectivity index (χ0) is 6.81. The zero-order valence-corrected chi connectivity index (χ0v) is 5.75. The van der Waals surface area contributed by atoms with Gasteiger partial charge in [-0.2, -0.15) is 0 Å². The molecule has 10 heavy (non-hydrogen) atoms. The molecule has 50 valence electrons. The highest BCUT2D eigenvalue weighted by Crippen LogP contribution is 2.16. The standard InChI is InChI=1S/C10H9/c1-2-6-10-8-4-3-7-9(10)5-1/h1-7H,8H2/q-1. The summed E-state index contributed by atoms with van der Waals surface area (Å²) in [6, 6.07) is 8.49. The monoisotopic (exact) mass is 129 g/mol. The fourth-order valence-electron chi connectivity index (χ4n) is 1.25. The average Bonchev–Trinajstić information content (AvgIpc) is 2.05. The molecule has 0 nitrogen and oxygen atoms in total. The summed E-state index contributed by atoms with van der Waals surface area (Å²) in [5, 5.41) is 0. The second kappa shape index (κ2) is 2.22. The Hall–Kier alpha value is -1.17. The van der Waals surface area contributed by atoms with Crippen molar-refractivity contribution in [2.24, 2.45) is 0 Å². The lowest BCUT2D eigenvalue weighted by atomic mass is 9.98. The molecular formula is C10H9-. The summed E-state index contributed by atoms with van der Waals surface area (Å²) in [7, 11) is 0. The molecule has 0 unspecified atom stereocenters. The Labute approximate surface area is 61.2 Å². The highest BCUT2D eigenvalue weighted by atomic mass is 14.1. The molecule has 0 radical (unpaired) electrons. The van der Waals surface area contributed by atoms with Crippen LogP contribution in [0.15, 0.2) is 30.3 Å². The minimum absolute atomic E-state index is 1.09. The molecule has 0 N–H and O–H groups in total. The van der Waals surface area contributed by atoms with Crippen molar-refractivity contribution in [3.8, 4) is 0 Å². The van der Waals surface area contributed by atoms with Gasteiger partial charge in [-0.15, -0.1) is 5.56 Å². The van der Waals surface area contributed by atoms with Crippen LogP contribution in [-0.2, 0) is 6.42 Å². The Morgan fingerprint density at radius 2 is 2.10 bits per heavy atom. The van der Waals surface area contributed by atoms with Crippen LogP contribution in [-0.4, -0.2) is 0 Å². The molecule has 0 spiro atoms. The van der Waals surface area contributed by atoms with Crippen LogP contribution in [0.25, 0.3) is 6.08 Å². The van der Waals surface area contributed by atoms with Crippen LogP contribution >= 0.6 is 0 Å². The Morgan fingerprint density at radius 1 is 1.20 bits per heavy atom. The van der Waals surface area contributed by atoms with Gasteiger partial charge in [0.1, 0.15) is 0 Å². The summed E-state index contributed by atoms with van der Waals surface area (Å²) in [5.74, 6) is 0. The predicted octanol–water partition coefficient (Wildman–Crippen LogP) is 2.46. The lowest BCUT2D eigenvalue weighted by Crippen LogP contribution is -1.92. The SMILES string of the molecule is C1=Cc2ccccc2C[CH-]1.